The summed E-state index contributed by atoms with van der Waals surface area (Å²) in [5, 5.41) is 14.5. The molecule has 0 fully saturated rings. The van der Waals surface area contributed by atoms with Gasteiger partial charge in [-0.25, -0.2) is 0 Å². The van der Waals surface area contributed by atoms with Gasteiger partial charge in [0, 0.05) is 0 Å². The Morgan fingerprint density at radius 3 is 1.50 bits per heavy atom. The van der Waals surface area contributed by atoms with E-state index in [2.05, 4.69) is 71.5 Å². The van der Waals surface area contributed by atoms with E-state index in [-0.39, 0.29) is 0 Å². The number of benzene rings is 2. The van der Waals surface area contributed by atoms with Gasteiger partial charge in [-0.2, -0.15) is 0 Å². The second-order valence-electron chi connectivity index (χ2n) is 5.92. The quantitative estimate of drug-likeness (QED) is 0.288. The van der Waals surface area contributed by atoms with Gasteiger partial charge in [0.25, 0.3) is 0 Å². The van der Waals surface area contributed by atoms with Gasteiger partial charge >= 0.3 is 191 Å². The van der Waals surface area contributed by atoms with Crippen LogP contribution in [-0.2, 0) is 0 Å². The molecule has 0 radical (unpaired) electrons. The minimum absolute atomic E-state index is 0.327. The molecule has 0 saturated heterocycles. The maximum atomic E-state index is 5.40. The van der Waals surface area contributed by atoms with Crippen molar-refractivity contribution in [3.8, 4) is 0 Å². The predicted octanol–water partition coefficient (Wildman–Crippen LogP) is 2.35. The van der Waals surface area contributed by atoms with Gasteiger partial charge in [0.1, 0.15) is 0 Å². The predicted molar refractivity (Wildman–Crippen MR) is 133 cm³/mol. The van der Waals surface area contributed by atoms with E-state index < -0.39 is 0 Å². The molecule has 28 heavy (non-hydrogen) atoms. The number of anilines is 2. The van der Waals surface area contributed by atoms with Crippen LogP contribution in [0.25, 0.3) is 0 Å². The van der Waals surface area contributed by atoms with Crippen LogP contribution in [0, 0.1) is 0 Å². The summed E-state index contributed by atoms with van der Waals surface area (Å²) >= 11 is 11.5. The van der Waals surface area contributed by atoms with Crippen LogP contribution in [0.3, 0.4) is 0 Å². The van der Waals surface area contributed by atoms with Gasteiger partial charge in [0.05, 0.1) is 0 Å². The van der Waals surface area contributed by atoms with E-state index in [9.17, 15) is 0 Å². The van der Waals surface area contributed by atoms with Crippen LogP contribution in [0.4, 0.5) is 11.4 Å². The van der Waals surface area contributed by atoms with E-state index in [1.54, 1.807) is 0 Å². The first kappa shape index (κ1) is 23.1. The molecule has 0 aliphatic heterocycles. The fourth-order valence-electron chi connectivity index (χ4n) is 2.19. The number of hydrogen-bond donors (Lipinski definition) is 4. The zero-order valence-corrected chi connectivity index (χ0v) is 21.1. The normalized spacial score (nSPS) is 10.2. The number of nitrogens with one attached hydrogen (secondary N) is 4. The van der Waals surface area contributed by atoms with E-state index >= 15 is 0 Å². The van der Waals surface area contributed by atoms with Crippen LogP contribution < -0.4 is 30.2 Å². The first-order valence-corrected chi connectivity index (χ1v) is 16.1. The Kier molecular flexibility index (Phi) is 10.9. The molecule has 2 rings (SSSR count). The van der Waals surface area contributed by atoms with Crippen molar-refractivity contribution in [2.75, 3.05) is 23.7 Å². The van der Waals surface area contributed by atoms with Crippen LogP contribution in [0.15, 0.2) is 48.5 Å². The first-order valence-electron chi connectivity index (χ1n) is 9.26. The molecule has 4 N–H and O–H groups in total. The van der Waals surface area contributed by atoms with E-state index in [4.69, 9.17) is 24.4 Å². The summed E-state index contributed by atoms with van der Waals surface area (Å²) in [5.74, 6) is 0. The van der Waals surface area contributed by atoms with E-state index in [1.165, 1.54) is 8.92 Å². The molecule has 4 nitrogen and oxygen atoms in total. The molecule has 0 saturated carbocycles. The fourth-order valence-corrected chi connectivity index (χ4v) is 9.55. The topological polar surface area (TPSA) is 48.1 Å². The number of para-hydroxylation sites is 2. The molecular weight excluding hydrogens is 518 g/mol. The number of hydrogen-bond acceptors (Lipinski definition) is 2. The molecule has 0 aliphatic carbocycles. The standard InChI is InChI=1S/C20H26N4S2Se2/c1-3-13-21-19(25)23-15-9-5-7-11-17(15)27-28-18-12-8-6-10-16(18)24-20(26)22-14-4-2/h5-12H,3-4,13-14H2,1-2H3,(H2,21,23,25)(H2,22,24,26). The Hall–Kier alpha value is -1.14. The molecule has 8 heteroatoms. The van der Waals surface area contributed by atoms with Crippen molar-refractivity contribution in [1.82, 2.24) is 10.6 Å². The minimum atomic E-state index is 0.327. The molecule has 0 spiro atoms. The van der Waals surface area contributed by atoms with Gasteiger partial charge in [-0.3, -0.25) is 0 Å². The average molecular weight is 545 g/mol. The zero-order valence-electron chi connectivity index (χ0n) is 16.1. The molecule has 0 amide bonds. The summed E-state index contributed by atoms with van der Waals surface area (Å²) in [6.45, 7) is 6.02. The van der Waals surface area contributed by atoms with Gasteiger partial charge in [-0.15, -0.1) is 0 Å². The maximum absolute atomic E-state index is 5.40. The monoisotopic (exact) mass is 546 g/mol. The van der Waals surface area contributed by atoms with Crippen molar-refractivity contribution in [3.05, 3.63) is 48.5 Å². The Balaban J connectivity index is 2.03. The van der Waals surface area contributed by atoms with Crippen molar-refractivity contribution in [3.63, 3.8) is 0 Å². The third-order valence-electron chi connectivity index (χ3n) is 3.56. The van der Waals surface area contributed by atoms with Crippen LogP contribution in [0.1, 0.15) is 26.7 Å². The molecule has 150 valence electrons. The molecule has 0 heterocycles. The molecule has 2 aromatic carbocycles. The van der Waals surface area contributed by atoms with Gasteiger partial charge in [0.15, 0.2) is 0 Å². The van der Waals surface area contributed by atoms with E-state index in [0.29, 0.717) is 36.5 Å². The second-order valence-corrected chi connectivity index (χ2v) is 12.9. The van der Waals surface area contributed by atoms with Crippen molar-refractivity contribution in [2.45, 2.75) is 26.7 Å². The first-order chi connectivity index (χ1) is 13.6. The molecule has 0 unspecified atom stereocenters. The van der Waals surface area contributed by atoms with E-state index in [0.717, 1.165) is 37.3 Å². The second kappa shape index (κ2) is 13.2. The molecule has 0 atom stereocenters. The Bertz CT molecular complexity index is 721. The Labute approximate surface area is 189 Å². The summed E-state index contributed by atoms with van der Waals surface area (Å²) in [6.07, 6.45) is 2.10. The number of thiocarbonyl (C=S) groups is 2. The summed E-state index contributed by atoms with van der Waals surface area (Å²) in [4.78, 5) is 0. The Morgan fingerprint density at radius 1 is 0.714 bits per heavy atom. The fraction of sp³-hybridized carbons (Fsp3) is 0.300. The van der Waals surface area contributed by atoms with Gasteiger partial charge in [-0.1, -0.05) is 0 Å². The average Bonchev–Trinajstić information content (AvgIpc) is 2.71. The molecule has 0 aliphatic rings. The van der Waals surface area contributed by atoms with Gasteiger partial charge < -0.3 is 0 Å². The third kappa shape index (κ3) is 8.08. The summed E-state index contributed by atoms with van der Waals surface area (Å²) in [6, 6.07) is 16.9. The van der Waals surface area contributed by atoms with Crippen molar-refractivity contribution in [2.24, 2.45) is 0 Å². The van der Waals surface area contributed by atoms with E-state index in [1.807, 2.05) is 12.1 Å². The molecule has 0 aromatic heterocycles. The van der Waals surface area contributed by atoms with Gasteiger partial charge in [0.2, 0.25) is 0 Å². The summed E-state index contributed by atoms with van der Waals surface area (Å²) in [7, 11) is 0. The summed E-state index contributed by atoms with van der Waals surface area (Å²) < 4.78 is 2.66. The van der Waals surface area contributed by atoms with Gasteiger partial charge in [-0.05, 0) is 0 Å². The SMILES string of the molecule is CCCNC(=S)Nc1ccccc1[Se][Se]c1ccccc1NC(=S)NCCC. The third-order valence-corrected chi connectivity index (χ3v) is 11.3. The number of rotatable bonds is 9. The Morgan fingerprint density at radius 2 is 1.11 bits per heavy atom. The molecule has 2 aromatic rings. The van der Waals surface area contributed by atoms with Crippen LogP contribution in [0.2, 0.25) is 0 Å². The van der Waals surface area contributed by atoms with Crippen LogP contribution >= 0.6 is 24.4 Å². The van der Waals surface area contributed by atoms with Crippen molar-refractivity contribution >= 4 is 81.2 Å². The van der Waals surface area contributed by atoms with Crippen molar-refractivity contribution in [1.29, 1.82) is 0 Å². The summed E-state index contributed by atoms with van der Waals surface area (Å²) in [5.41, 5.74) is 2.20. The molecule has 0 bridgehead atoms. The van der Waals surface area contributed by atoms with Crippen LogP contribution in [-0.4, -0.2) is 49.6 Å². The van der Waals surface area contributed by atoms with Crippen LogP contribution in [0.5, 0.6) is 0 Å². The molecular formula is C20H26N4S2Se2. The zero-order chi connectivity index (χ0) is 20.2. The van der Waals surface area contributed by atoms with Crippen molar-refractivity contribution < 1.29 is 0 Å².